The van der Waals surface area contributed by atoms with Crippen LogP contribution in [-0.4, -0.2) is 0 Å². The molecule has 0 saturated carbocycles. The third-order valence-corrected chi connectivity index (χ3v) is 16.8. The van der Waals surface area contributed by atoms with E-state index in [2.05, 4.69) is 317 Å². The Morgan fingerprint density at radius 2 is 0.538 bits per heavy atom. The molecule has 2 heteroatoms. The van der Waals surface area contributed by atoms with Gasteiger partial charge < -0.3 is 9.80 Å². The van der Waals surface area contributed by atoms with E-state index in [9.17, 15) is 0 Å². The summed E-state index contributed by atoms with van der Waals surface area (Å²) in [6.07, 6.45) is 4.41. The lowest BCUT2D eigenvalue weighted by molar-refractivity contribution is 0.660. The Balaban J connectivity index is 0.695. The van der Waals surface area contributed by atoms with Gasteiger partial charge in [0.2, 0.25) is 0 Å². The molecule has 0 heterocycles. The number of hydrogen-bond donors (Lipinski definition) is 0. The first-order valence-corrected chi connectivity index (χ1v) is 27.3. The molecule has 0 spiro atoms. The van der Waals surface area contributed by atoms with Crippen molar-refractivity contribution in [2.45, 2.75) is 38.5 Å². The van der Waals surface area contributed by atoms with Gasteiger partial charge >= 0.3 is 0 Å². The van der Waals surface area contributed by atoms with Gasteiger partial charge in [-0.3, -0.25) is 0 Å². The molecular weight excluding hydrogens is 941 g/mol. The summed E-state index contributed by atoms with van der Waals surface area (Å²) in [5, 5.41) is 4.92. The average molecular weight is 999 g/mol. The van der Waals surface area contributed by atoms with E-state index in [0.29, 0.717) is 0 Å². The van der Waals surface area contributed by atoms with Crippen molar-refractivity contribution in [3.63, 3.8) is 0 Å². The third-order valence-electron chi connectivity index (χ3n) is 16.8. The second kappa shape index (κ2) is 18.7. The first-order chi connectivity index (χ1) is 38.1. The van der Waals surface area contributed by atoms with Crippen molar-refractivity contribution in [3.8, 4) is 44.5 Å². The zero-order valence-electron chi connectivity index (χ0n) is 44.5. The van der Waals surface area contributed by atoms with Crippen LogP contribution in [0.2, 0.25) is 0 Å². The van der Waals surface area contributed by atoms with E-state index in [-0.39, 0.29) is 10.8 Å². The molecule has 0 amide bonds. The minimum atomic E-state index is -0.0945. The predicted octanol–water partition coefficient (Wildman–Crippen LogP) is 21.0. The van der Waals surface area contributed by atoms with Gasteiger partial charge in [0.15, 0.2) is 0 Å². The van der Waals surface area contributed by atoms with Gasteiger partial charge in [0.25, 0.3) is 0 Å². The molecule has 0 fully saturated rings. The van der Waals surface area contributed by atoms with Gasteiger partial charge in [-0.15, -0.1) is 0 Å². The Morgan fingerprint density at radius 1 is 0.244 bits per heavy atom. The molecule has 0 radical (unpaired) electrons. The van der Waals surface area contributed by atoms with Crippen LogP contribution < -0.4 is 9.80 Å². The standard InChI is InChI=1S/C76H58N2/c1-75(2)71-19-11-9-17-67(71)69-45-43-65(49-73(69)75)77(63-41-35-53-13-5-7-15-59(53)47-63)61-37-31-57(32-38-61)55-27-23-51(24-28-55)21-22-52-25-29-56(30-26-52)58-33-39-62(40-34-58)78(64-42-36-54-14-6-8-16-60(54)48-64)66-44-46-70-68-18-10-12-20-72(68)76(3,4)74(70)50-66/h5-50H,1-4H3/b22-21+. The maximum atomic E-state index is 2.41. The molecule has 0 bridgehead atoms. The van der Waals surface area contributed by atoms with Crippen LogP contribution in [0, 0.1) is 0 Å². The van der Waals surface area contributed by atoms with Crippen LogP contribution >= 0.6 is 0 Å². The van der Waals surface area contributed by atoms with E-state index < -0.39 is 0 Å². The highest BCUT2D eigenvalue weighted by molar-refractivity contribution is 5.93. The number of nitrogens with zero attached hydrogens (tertiary/aromatic N) is 2. The molecule has 0 aliphatic heterocycles. The summed E-state index contributed by atoms with van der Waals surface area (Å²) >= 11 is 0. The molecule has 78 heavy (non-hydrogen) atoms. The molecule has 2 nitrogen and oxygen atoms in total. The Labute approximate surface area is 458 Å². The number of hydrogen-bond acceptors (Lipinski definition) is 2. The van der Waals surface area contributed by atoms with E-state index in [1.165, 1.54) is 88.3 Å². The van der Waals surface area contributed by atoms with Crippen molar-refractivity contribution < 1.29 is 0 Å². The zero-order valence-corrected chi connectivity index (χ0v) is 44.5. The molecule has 12 aromatic rings. The number of benzene rings is 12. The topological polar surface area (TPSA) is 6.48 Å². The van der Waals surface area contributed by atoms with Crippen LogP contribution in [0.15, 0.2) is 267 Å². The summed E-state index contributed by atoms with van der Waals surface area (Å²) in [4.78, 5) is 4.81. The van der Waals surface area contributed by atoms with Crippen molar-refractivity contribution in [2.24, 2.45) is 0 Å². The molecule has 2 aliphatic rings. The largest absolute Gasteiger partial charge is 0.310 e. The van der Waals surface area contributed by atoms with Crippen molar-refractivity contribution in [1.29, 1.82) is 0 Å². The van der Waals surface area contributed by atoms with Gasteiger partial charge in [-0.05, 0) is 172 Å². The Kier molecular flexibility index (Phi) is 11.2. The lowest BCUT2D eigenvalue weighted by Crippen LogP contribution is -2.16. The summed E-state index contributed by atoms with van der Waals surface area (Å²) in [6.45, 7) is 9.41. The quantitative estimate of drug-likeness (QED) is 0.126. The summed E-state index contributed by atoms with van der Waals surface area (Å²) in [6, 6.07) is 98.4. The van der Waals surface area contributed by atoms with E-state index in [1.54, 1.807) is 0 Å². The maximum absolute atomic E-state index is 2.41. The van der Waals surface area contributed by atoms with Crippen molar-refractivity contribution >= 4 is 67.8 Å². The molecule has 0 N–H and O–H groups in total. The normalized spacial score (nSPS) is 13.5. The summed E-state index contributed by atoms with van der Waals surface area (Å²) in [7, 11) is 0. The molecule has 0 saturated heterocycles. The molecule has 0 aromatic heterocycles. The van der Waals surface area contributed by atoms with Crippen LogP contribution in [0.3, 0.4) is 0 Å². The first kappa shape index (κ1) is 47.0. The maximum Gasteiger partial charge on any atom is 0.0468 e. The van der Waals surface area contributed by atoms with Crippen LogP contribution in [0.5, 0.6) is 0 Å². The fourth-order valence-electron chi connectivity index (χ4n) is 12.6. The van der Waals surface area contributed by atoms with Gasteiger partial charge in [-0.25, -0.2) is 0 Å². The van der Waals surface area contributed by atoms with Crippen LogP contribution in [0.4, 0.5) is 34.1 Å². The lowest BCUT2D eigenvalue weighted by Gasteiger charge is -2.28. The molecule has 14 rings (SSSR count). The minimum Gasteiger partial charge on any atom is -0.310 e. The minimum absolute atomic E-state index is 0.0945. The molecule has 2 aliphatic carbocycles. The van der Waals surface area contributed by atoms with Crippen molar-refractivity contribution in [3.05, 3.63) is 300 Å². The number of anilines is 6. The van der Waals surface area contributed by atoms with E-state index in [1.807, 2.05) is 0 Å². The summed E-state index contributed by atoms with van der Waals surface area (Å²) in [5.41, 5.74) is 24.5. The summed E-state index contributed by atoms with van der Waals surface area (Å²) < 4.78 is 0. The van der Waals surface area contributed by atoms with Crippen LogP contribution in [0.1, 0.15) is 61.1 Å². The molecular formula is C76H58N2. The molecule has 0 unspecified atom stereocenters. The number of fused-ring (bicyclic) bond motifs is 8. The average Bonchev–Trinajstić information content (AvgIpc) is 4.03. The second-order valence-electron chi connectivity index (χ2n) is 22.2. The Bertz CT molecular complexity index is 4010. The fraction of sp³-hybridized carbons (Fsp3) is 0.0789. The molecule has 372 valence electrons. The first-order valence-electron chi connectivity index (χ1n) is 27.3. The second-order valence-corrected chi connectivity index (χ2v) is 22.2. The fourth-order valence-corrected chi connectivity index (χ4v) is 12.6. The number of rotatable bonds is 10. The Morgan fingerprint density at radius 3 is 0.936 bits per heavy atom. The predicted molar refractivity (Wildman–Crippen MR) is 332 cm³/mol. The van der Waals surface area contributed by atoms with Gasteiger partial charge in [0.1, 0.15) is 0 Å². The third kappa shape index (κ3) is 8.12. The highest BCUT2D eigenvalue weighted by Crippen LogP contribution is 2.52. The summed E-state index contributed by atoms with van der Waals surface area (Å²) in [5.74, 6) is 0. The smallest absolute Gasteiger partial charge is 0.0468 e. The SMILES string of the molecule is CC1(C)c2ccccc2-c2ccc(N(c3ccc(-c4ccc(/C=C/c5ccc(-c6ccc(N(c7ccc8c(c7)C(C)(C)c7ccccc7-8)c7ccc8ccccc8c7)cc6)cc5)cc4)cc3)c3ccc4ccccc4c3)cc21. The molecule has 0 atom stereocenters. The van der Waals surface area contributed by atoms with E-state index >= 15 is 0 Å². The van der Waals surface area contributed by atoms with Gasteiger partial charge in [0, 0.05) is 45.0 Å². The zero-order chi connectivity index (χ0) is 52.5. The van der Waals surface area contributed by atoms with Gasteiger partial charge in [-0.2, -0.15) is 0 Å². The highest BCUT2D eigenvalue weighted by Gasteiger charge is 2.37. The highest BCUT2D eigenvalue weighted by atomic mass is 15.1. The van der Waals surface area contributed by atoms with Crippen molar-refractivity contribution in [1.82, 2.24) is 0 Å². The van der Waals surface area contributed by atoms with E-state index in [0.717, 1.165) is 45.3 Å². The monoisotopic (exact) mass is 998 g/mol. The van der Waals surface area contributed by atoms with Crippen LogP contribution in [-0.2, 0) is 10.8 Å². The van der Waals surface area contributed by atoms with Crippen LogP contribution in [0.25, 0.3) is 78.2 Å². The Hall–Kier alpha value is -9.50. The lowest BCUT2D eigenvalue weighted by atomic mass is 9.82. The van der Waals surface area contributed by atoms with E-state index in [4.69, 9.17) is 0 Å². The van der Waals surface area contributed by atoms with Gasteiger partial charge in [-0.1, -0.05) is 234 Å². The molecule has 12 aromatic carbocycles. The van der Waals surface area contributed by atoms with Crippen molar-refractivity contribution in [2.75, 3.05) is 9.80 Å². The van der Waals surface area contributed by atoms with Gasteiger partial charge in [0.05, 0.1) is 0 Å².